The number of rotatable bonds is 6. The zero-order valence-corrected chi connectivity index (χ0v) is 16.2. The fraction of sp³-hybridized carbons (Fsp3) is 0.684. The minimum absolute atomic E-state index is 0.204. The van der Waals surface area contributed by atoms with Crippen molar-refractivity contribution in [3.05, 3.63) is 23.8 Å². The van der Waals surface area contributed by atoms with Gasteiger partial charge >= 0.3 is 0 Å². The Bertz CT molecular complexity index is 703. The summed E-state index contributed by atoms with van der Waals surface area (Å²) in [7, 11) is -2.98. The Kier molecular flexibility index (Phi) is 5.58. The van der Waals surface area contributed by atoms with Crippen LogP contribution in [0.25, 0.3) is 0 Å². The molecule has 0 saturated heterocycles. The molecule has 0 bridgehead atoms. The quantitative estimate of drug-likeness (QED) is 0.773. The van der Waals surface area contributed by atoms with E-state index in [9.17, 15) is 8.42 Å². The van der Waals surface area contributed by atoms with Gasteiger partial charge in [-0.3, -0.25) is 4.90 Å². The molecule has 0 N–H and O–H groups in total. The van der Waals surface area contributed by atoms with E-state index in [4.69, 9.17) is 9.47 Å². The van der Waals surface area contributed by atoms with Gasteiger partial charge in [-0.1, -0.05) is 32.8 Å². The molecule has 3 atom stereocenters. The standard InChI is InChI=1S/C19H29NO4S/c1-14-5-4-6-17(15(14)2)20(9-10-25(3,21)22)12-16-7-8-18-19(11-16)24-13-23-18/h7-8,11,14-15,17H,4-6,9-10,12-13H2,1-3H3. The fourth-order valence-corrected chi connectivity index (χ4v) is 4.55. The second-order valence-electron chi connectivity index (χ2n) is 7.62. The summed E-state index contributed by atoms with van der Waals surface area (Å²) < 4.78 is 34.3. The lowest BCUT2D eigenvalue weighted by Crippen LogP contribution is -2.45. The molecule has 3 unspecified atom stereocenters. The zero-order chi connectivity index (χ0) is 18.0. The van der Waals surface area contributed by atoms with Gasteiger partial charge in [-0.05, 0) is 36.0 Å². The Hall–Kier alpha value is -1.27. The highest BCUT2D eigenvalue weighted by Crippen LogP contribution is 2.35. The number of sulfone groups is 1. The molecule has 1 saturated carbocycles. The third-order valence-electron chi connectivity index (χ3n) is 5.70. The van der Waals surface area contributed by atoms with Gasteiger partial charge in [-0.25, -0.2) is 8.42 Å². The van der Waals surface area contributed by atoms with Gasteiger partial charge in [0, 0.05) is 25.4 Å². The van der Waals surface area contributed by atoms with E-state index < -0.39 is 9.84 Å². The first kappa shape index (κ1) is 18.5. The van der Waals surface area contributed by atoms with Gasteiger partial charge in [0.2, 0.25) is 6.79 Å². The minimum atomic E-state index is -2.98. The average molecular weight is 368 g/mol. The van der Waals surface area contributed by atoms with Crippen molar-refractivity contribution < 1.29 is 17.9 Å². The summed E-state index contributed by atoms with van der Waals surface area (Å²) in [4.78, 5) is 2.36. The molecule has 1 aliphatic heterocycles. The molecule has 5 nitrogen and oxygen atoms in total. The molecular formula is C19H29NO4S. The van der Waals surface area contributed by atoms with E-state index in [2.05, 4.69) is 24.8 Å². The topological polar surface area (TPSA) is 55.8 Å². The smallest absolute Gasteiger partial charge is 0.231 e. The van der Waals surface area contributed by atoms with Crippen LogP contribution >= 0.6 is 0 Å². The first-order valence-corrected chi connectivity index (χ1v) is 11.2. The molecular weight excluding hydrogens is 338 g/mol. The minimum Gasteiger partial charge on any atom is -0.454 e. The van der Waals surface area contributed by atoms with Gasteiger partial charge in [-0.15, -0.1) is 0 Å². The van der Waals surface area contributed by atoms with Gasteiger partial charge in [0.1, 0.15) is 9.84 Å². The molecule has 1 heterocycles. The lowest BCUT2D eigenvalue weighted by atomic mass is 9.77. The lowest BCUT2D eigenvalue weighted by molar-refractivity contribution is 0.0800. The summed E-state index contributed by atoms with van der Waals surface area (Å²) in [5.74, 6) is 3.02. The number of hydrogen-bond acceptors (Lipinski definition) is 5. The van der Waals surface area contributed by atoms with Crippen molar-refractivity contribution in [3.8, 4) is 11.5 Å². The zero-order valence-electron chi connectivity index (χ0n) is 15.4. The van der Waals surface area contributed by atoms with E-state index in [0.717, 1.165) is 30.0 Å². The third kappa shape index (κ3) is 4.67. The molecule has 0 aromatic heterocycles. The Morgan fingerprint density at radius 2 is 1.92 bits per heavy atom. The number of hydrogen-bond donors (Lipinski definition) is 0. The van der Waals surface area contributed by atoms with Crippen LogP contribution in [0.3, 0.4) is 0 Å². The molecule has 1 aromatic carbocycles. The highest BCUT2D eigenvalue weighted by atomic mass is 32.2. The van der Waals surface area contributed by atoms with Crippen LogP contribution in [-0.4, -0.2) is 44.7 Å². The molecule has 0 amide bonds. The summed E-state index contributed by atoms with van der Waals surface area (Å²) in [5, 5.41) is 0. The van der Waals surface area contributed by atoms with E-state index >= 15 is 0 Å². The molecule has 0 radical (unpaired) electrons. The van der Waals surface area contributed by atoms with Crippen LogP contribution in [0.1, 0.15) is 38.7 Å². The molecule has 1 aromatic rings. The van der Waals surface area contributed by atoms with Crippen LogP contribution < -0.4 is 9.47 Å². The molecule has 1 aliphatic carbocycles. The van der Waals surface area contributed by atoms with E-state index in [0.29, 0.717) is 24.4 Å². The number of ether oxygens (including phenoxy) is 2. The maximum Gasteiger partial charge on any atom is 0.231 e. The maximum atomic E-state index is 11.7. The highest BCUT2D eigenvalue weighted by molar-refractivity contribution is 7.90. The van der Waals surface area contributed by atoms with E-state index in [1.165, 1.54) is 19.1 Å². The maximum absolute atomic E-state index is 11.7. The molecule has 1 fully saturated rings. The fourth-order valence-electron chi connectivity index (χ4n) is 3.99. The van der Waals surface area contributed by atoms with Crippen molar-refractivity contribution in [3.63, 3.8) is 0 Å². The third-order valence-corrected chi connectivity index (χ3v) is 6.63. The summed E-state index contributed by atoms with van der Waals surface area (Å²) in [6, 6.07) is 6.44. The summed E-state index contributed by atoms with van der Waals surface area (Å²) in [6.45, 7) is 6.21. The van der Waals surface area contributed by atoms with Crippen LogP contribution in [0, 0.1) is 11.8 Å². The van der Waals surface area contributed by atoms with Crippen LogP contribution in [0.15, 0.2) is 18.2 Å². The predicted octanol–water partition coefficient (Wildman–Crippen LogP) is 3.09. The molecule has 140 valence electrons. The van der Waals surface area contributed by atoms with Crippen LogP contribution in [0.2, 0.25) is 0 Å². The van der Waals surface area contributed by atoms with Gasteiger partial charge in [0.25, 0.3) is 0 Å². The van der Waals surface area contributed by atoms with Crippen molar-refractivity contribution in [2.45, 2.75) is 45.7 Å². The molecule has 3 rings (SSSR count). The predicted molar refractivity (Wildman–Crippen MR) is 98.7 cm³/mol. The Balaban J connectivity index is 1.78. The van der Waals surface area contributed by atoms with Crippen molar-refractivity contribution >= 4 is 9.84 Å². The van der Waals surface area contributed by atoms with Crippen LogP contribution in [0.4, 0.5) is 0 Å². The molecule has 25 heavy (non-hydrogen) atoms. The Morgan fingerprint density at radius 3 is 2.68 bits per heavy atom. The van der Waals surface area contributed by atoms with Crippen LogP contribution in [-0.2, 0) is 16.4 Å². The Labute approximate surface area is 151 Å². The normalized spacial score (nSPS) is 26.2. The van der Waals surface area contributed by atoms with Gasteiger partial charge in [-0.2, -0.15) is 0 Å². The van der Waals surface area contributed by atoms with Crippen molar-refractivity contribution in [1.29, 1.82) is 0 Å². The number of nitrogens with zero attached hydrogens (tertiary/aromatic N) is 1. The van der Waals surface area contributed by atoms with E-state index in [1.54, 1.807) is 0 Å². The number of fused-ring (bicyclic) bond motifs is 1. The monoisotopic (exact) mass is 367 g/mol. The summed E-state index contributed by atoms with van der Waals surface area (Å²) in [6.07, 6.45) is 4.94. The summed E-state index contributed by atoms with van der Waals surface area (Å²) in [5.41, 5.74) is 1.14. The van der Waals surface area contributed by atoms with E-state index in [-0.39, 0.29) is 12.5 Å². The van der Waals surface area contributed by atoms with Crippen molar-refractivity contribution in [2.75, 3.05) is 25.3 Å². The summed E-state index contributed by atoms with van der Waals surface area (Å²) >= 11 is 0. The van der Waals surface area contributed by atoms with Crippen LogP contribution in [0.5, 0.6) is 11.5 Å². The molecule has 0 spiro atoms. The first-order valence-electron chi connectivity index (χ1n) is 9.14. The lowest BCUT2D eigenvalue weighted by Gasteiger charge is -2.41. The Morgan fingerprint density at radius 1 is 1.16 bits per heavy atom. The van der Waals surface area contributed by atoms with Gasteiger partial charge < -0.3 is 9.47 Å². The van der Waals surface area contributed by atoms with Gasteiger partial charge in [0.05, 0.1) is 5.75 Å². The average Bonchev–Trinajstić information content (AvgIpc) is 3.01. The first-order chi connectivity index (χ1) is 11.8. The van der Waals surface area contributed by atoms with Gasteiger partial charge in [0.15, 0.2) is 11.5 Å². The van der Waals surface area contributed by atoms with Crippen molar-refractivity contribution in [2.24, 2.45) is 11.8 Å². The highest BCUT2D eigenvalue weighted by Gasteiger charge is 2.32. The van der Waals surface area contributed by atoms with E-state index in [1.807, 2.05) is 12.1 Å². The van der Waals surface area contributed by atoms with Crippen molar-refractivity contribution in [1.82, 2.24) is 4.90 Å². The largest absolute Gasteiger partial charge is 0.454 e. The molecule has 2 aliphatic rings. The number of benzene rings is 1. The second kappa shape index (κ2) is 7.54. The molecule has 6 heteroatoms. The second-order valence-corrected chi connectivity index (χ2v) is 9.88. The SMILES string of the molecule is CC1CCCC(N(CCS(C)(=O)=O)Cc2ccc3c(c2)OCO3)C1C.